The van der Waals surface area contributed by atoms with Gasteiger partial charge in [-0.2, -0.15) is 0 Å². The maximum atomic E-state index is 12.5. The molecule has 0 aliphatic rings. The van der Waals surface area contributed by atoms with Crippen LogP contribution < -0.4 is 15.6 Å². The summed E-state index contributed by atoms with van der Waals surface area (Å²) in [5.41, 5.74) is 2.92. The Morgan fingerprint density at radius 2 is 2.03 bits per heavy atom. The second kappa shape index (κ2) is 8.42. The quantitative estimate of drug-likeness (QED) is 0.464. The molecule has 2 N–H and O–H groups in total. The SMILES string of the molecule is COc1cccc(NC(=O)CSc2nc3c(=O)[nH]cnc3n2-c2ccc(C)cc2)c1. The van der Waals surface area contributed by atoms with E-state index in [9.17, 15) is 9.59 Å². The van der Waals surface area contributed by atoms with E-state index in [1.54, 1.807) is 35.9 Å². The predicted molar refractivity (Wildman–Crippen MR) is 117 cm³/mol. The number of imidazole rings is 1. The summed E-state index contributed by atoms with van der Waals surface area (Å²) < 4.78 is 6.96. The normalized spacial score (nSPS) is 10.9. The van der Waals surface area contributed by atoms with Crippen LogP contribution in [0, 0.1) is 6.92 Å². The van der Waals surface area contributed by atoms with Crippen molar-refractivity contribution in [1.82, 2.24) is 19.5 Å². The highest BCUT2D eigenvalue weighted by Gasteiger charge is 2.17. The van der Waals surface area contributed by atoms with Gasteiger partial charge in [-0.1, -0.05) is 35.5 Å². The van der Waals surface area contributed by atoms with Crippen LogP contribution in [0.3, 0.4) is 0 Å². The highest BCUT2D eigenvalue weighted by atomic mass is 32.2. The smallest absolute Gasteiger partial charge is 0.278 e. The zero-order valence-corrected chi connectivity index (χ0v) is 17.2. The molecule has 4 rings (SSSR count). The van der Waals surface area contributed by atoms with E-state index < -0.39 is 0 Å². The van der Waals surface area contributed by atoms with Crippen molar-refractivity contribution in [3.63, 3.8) is 0 Å². The standard InChI is InChI=1S/C21H19N5O3S/c1-13-6-8-15(9-7-13)26-19-18(20(28)23-12-22-19)25-21(26)30-11-17(27)24-14-4-3-5-16(10-14)29-2/h3-10,12H,11H2,1-2H3,(H,24,27)(H,22,23,28). The highest BCUT2D eigenvalue weighted by molar-refractivity contribution is 7.99. The molecule has 4 aromatic rings. The fraction of sp³-hybridized carbons (Fsp3) is 0.143. The lowest BCUT2D eigenvalue weighted by Gasteiger charge is -2.09. The van der Waals surface area contributed by atoms with Gasteiger partial charge < -0.3 is 15.0 Å². The van der Waals surface area contributed by atoms with Gasteiger partial charge >= 0.3 is 0 Å². The van der Waals surface area contributed by atoms with Gasteiger partial charge in [0.15, 0.2) is 16.3 Å². The van der Waals surface area contributed by atoms with Crippen LogP contribution in [0.2, 0.25) is 0 Å². The first-order valence-electron chi connectivity index (χ1n) is 9.15. The fourth-order valence-corrected chi connectivity index (χ4v) is 3.74. The second-order valence-corrected chi connectivity index (χ2v) is 7.48. The number of amides is 1. The van der Waals surface area contributed by atoms with Gasteiger partial charge in [0.1, 0.15) is 5.75 Å². The van der Waals surface area contributed by atoms with E-state index in [1.807, 2.05) is 31.2 Å². The van der Waals surface area contributed by atoms with Crippen molar-refractivity contribution in [2.45, 2.75) is 12.1 Å². The summed E-state index contributed by atoms with van der Waals surface area (Å²) in [5.74, 6) is 0.578. The number of aryl methyl sites for hydroxylation is 1. The monoisotopic (exact) mass is 421 g/mol. The van der Waals surface area contributed by atoms with E-state index in [1.165, 1.54) is 18.1 Å². The van der Waals surface area contributed by atoms with Crippen LogP contribution in [-0.2, 0) is 4.79 Å². The average Bonchev–Trinajstić information content (AvgIpc) is 3.13. The number of ether oxygens (including phenoxy) is 1. The number of aromatic nitrogens is 4. The van der Waals surface area contributed by atoms with E-state index in [0.717, 1.165) is 11.3 Å². The number of hydrogen-bond donors (Lipinski definition) is 2. The molecule has 9 heteroatoms. The molecule has 0 spiro atoms. The molecule has 0 aliphatic carbocycles. The number of carbonyl (C=O) groups excluding carboxylic acids is 1. The number of carbonyl (C=O) groups is 1. The third-order valence-corrected chi connectivity index (χ3v) is 5.34. The van der Waals surface area contributed by atoms with E-state index >= 15 is 0 Å². The molecule has 152 valence electrons. The molecule has 0 aliphatic heterocycles. The van der Waals surface area contributed by atoms with Crippen LogP contribution in [-0.4, -0.2) is 38.3 Å². The molecule has 8 nitrogen and oxygen atoms in total. The van der Waals surface area contributed by atoms with Crippen LogP contribution in [0.5, 0.6) is 5.75 Å². The Kier molecular flexibility index (Phi) is 5.53. The Labute approximate surface area is 176 Å². The topological polar surface area (TPSA) is 102 Å². The summed E-state index contributed by atoms with van der Waals surface area (Å²) in [5, 5.41) is 3.35. The maximum absolute atomic E-state index is 12.5. The summed E-state index contributed by atoms with van der Waals surface area (Å²) >= 11 is 1.23. The molecule has 0 unspecified atom stereocenters. The van der Waals surface area contributed by atoms with Gasteiger partial charge in [0.05, 0.1) is 19.2 Å². The maximum Gasteiger partial charge on any atom is 0.278 e. The van der Waals surface area contributed by atoms with Crippen molar-refractivity contribution in [2.24, 2.45) is 0 Å². The Hall–Kier alpha value is -3.59. The Morgan fingerprint density at radius 1 is 1.23 bits per heavy atom. The first-order valence-corrected chi connectivity index (χ1v) is 10.1. The molecule has 0 fully saturated rings. The van der Waals surface area contributed by atoms with Gasteiger partial charge in [0.2, 0.25) is 5.91 Å². The minimum absolute atomic E-state index is 0.115. The van der Waals surface area contributed by atoms with Crippen molar-refractivity contribution in [2.75, 3.05) is 18.2 Å². The molecule has 0 saturated carbocycles. The number of H-pyrrole nitrogens is 1. The molecular formula is C21H19N5O3S. The van der Waals surface area contributed by atoms with E-state index in [-0.39, 0.29) is 22.7 Å². The van der Waals surface area contributed by atoms with Crippen molar-refractivity contribution < 1.29 is 9.53 Å². The van der Waals surface area contributed by atoms with E-state index in [0.29, 0.717) is 22.2 Å². The molecular weight excluding hydrogens is 402 g/mol. The number of benzene rings is 2. The van der Waals surface area contributed by atoms with Crippen molar-refractivity contribution in [3.8, 4) is 11.4 Å². The lowest BCUT2D eigenvalue weighted by Crippen LogP contribution is -2.14. The number of nitrogens with one attached hydrogen (secondary N) is 2. The number of anilines is 1. The summed E-state index contributed by atoms with van der Waals surface area (Å²) in [6.07, 6.45) is 1.35. The summed E-state index contributed by atoms with van der Waals surface area (Å²) in [6, 6.07) is 14.9. The van der Waals surface area contributed by atoms with Crippen molar-refractivity contribution in [1.29, 1.82) is 0 Å². The number of methoxy groups -OCH3 is 1. The largest absolute Gasteiger partial charge is 0.497 e. The summed E-state index contributed by atoms with van der Waals surface area (Å²) in [7, 11) is 1.57. The van der Waals surface area contributed by atoms with Crippen molar-refractivity contribution >= 4 is 34.5 Å². The third kappa shape index (κ3) is 4.06. The summed E-state index contributed by atoms with van der Waals surface area (Å²) in [6.45, 7) is 2.00. The zero-order chi connectivity index (χ0) is 21.1. The Bertz CT molecular complexity index is 1260. The van der Waals surface area contributed by atoms with Crippen LogP contribution in [0.4, 0.5) is 5.69 Å². The number of aromatic amines is 1. The average molecular weight is 421 g/mol. The van der Waals surface area contributed by atoms with Crippen LogP contribution in [0.15, 0.2) is 64.8 Å². The molecule has 30 heavy (non-hydrogen) atoms. The van der Waals surface area contributed by atoms with Gasteiger partial charge in [-0.15, -0.1) is 0 Å². The first kappa shape index (κ1) is 19.7. The number of thioether (sulfide) groups is 1. The van der Waals surface area contributed by atoms with Crippen LogP contribution >= 0.6 is 11.8 Å². The van der Waals surface area contributed by atoms with E-state index in [4.69, 9.17) is 4.74 Å². The summed E-state index contributed by atoms with van der Waals surface area (Å²) in [4.78, 5) is 35.9. The molecule has 0 bridgehead atoms. The number of nitrogens with zero attached hydrogens (tertiary/aromatic N) is 3. The molecule has 2 aromatic carbocycles. The van der Waals surface area contributed by atoms with Gasteiger partial charge in [-0.3, -0.25) is 14.2 Å². The Balaban J connectivity index is 1.61. The molecule has 0 radical (unpaired) electrons. The molecule has 2 aromatic heterocycles. The minimum Gasteiger partial charge on any atom is -0.497 e. The van der Waals surface area contributed by atoms with E-state index in [2.05, 4.69) is 20.3 Å². The molecule has 0 saturated heterocycles. The van der Waals surface area contributed by atoms with Crippen LogP contribution in [0.1, 0.15) is 5.56 Å². The highest BCUT2D eigenvalue weighted by Crippen LogP contribution is 2.26. The zero-order valence-electron chi connectivity index (χ0n) is 16.4. The fourth-order valence-electron chi connectivity index (χ4n) is 2.94. The molecule has 2 heterocycles. The lowest BCUT2D eigenvalue weighted by atomic mass is 10.2. The van der Waals surface area contributed by atoms with Gasteiger partial charge in [0.25, 0.3) is 5.56 Å². The van der Waals surface area contributed by atoms with Crippen molar-refractivity contribution in [3.05, 3.63) is 70.8 Å². The first-order chi connectivity index (χ1) is 14.5. The number of hydrogen-bond acceptors (Lipinski definition) is 6. The van der Waals surface area contributed by atoms with Gasteiger partial charge in [-0.05, 0) is 31.2 Å². The van der Waals surface area contributed by atoms with Crippen LogP contribution in [0.25, 0.3) is 16.9 Å². The number of rotatable bonds is 6. The predicted octanol–water partition coefficient (Wildman–Crippen LogP) is 3.16. The minimum atomic E-state index is -0.325. The lowest BCUT2D eigenvalue weighted by molar-refractivity contribution is -0.113. The molecule has 0 atom stereocenters. The van der Waals surface area contributed by atoms with Gasteiger partial charge in [0, 0.05) is 17.4 Å². The number of fused-ring (bicyclic) bond motifs is 1. The van der Waals surface area contributed by atoms with Gasteiger partial charge in [-0.25, -0.2) is 9.97 Å². The molecule has 1 amide bonds. The second-order valence-electron chi connectivity index (χ2n) is 6.54. The Morgan fingerprint density at radius 3 is 2.80 bits per heavy atom. The third-order valence-electron chi connectivity index (χ3n) is 4.40.